The highest BCUT2D eigenvalue weighted by Crippen LogP contribution is 2.30. The van der Waals surface area contributed by atoms with Gasteiger partial charge in [-0.3, -0.25) is 14.9 Å². The zero-order valence-corrected chi connectivity index (χ0v) is 18.4. The van der Waals surface area contributed by atoms with Gasteiger partial charge < -0.3 is 19.1 Å². The Labute approximate surface area is 187 Å². The Bertz CT molecular complexity index is 984. The number of nitrogens with zero attached hydrogens (tertiary/aromatic N) is 2. The Kier molecular flexibility index (Phi) is 7.83. The number of hydrogen-bond donors (Lipinski definition) is 0. The van der Waals surface area contributed by atoms with Gasteiger partial charge in [-0.1, -0.05) is 24.8 Å². The molecule has 2 aromatic carbocycles. The highest BCUT2D eigenvalue weighted by Gasteiger charge is 2.27. The molecule has 8 nitrogen and oxygen atoms in total. The molecule has 32 heavy (non-hydrogen) atoms. The van der Waals surface area contributed by atoms with E-state index in [1.54, 1.807) is 37.1 Å². The number of carbonyl (C=O) groups excluding carboxylic acids is 1. The van der Waals surface area contributed by atoms with E-state index in [-0.39, 0.29) is 17.7 Å². The first-order valence-electron chi connectivity index (χ1n) is 10.5. The topological polar surface area (TPSA) is 91.1 Å². The van der Waals surface area contributed by atoms with Crippen LogP contribution in [0.1, 0.15) is 34.3 Å². The second-order valence-electron chi connectivity index (χ2n) is 7.61. The van der Waals surface area contributed by atoms with Gasteiger partial charge in [-0.05, 0) is 43.5 Å². The largest absolute Gasteiger partial charge is 0.493 e. The van der Waals surface area contributed by atoms with Crippen molar-refractivity contribution in [1.29, 1.82) is 0 Å². The summed E-state index contributed by atoms with van der Waals surface area (Å²) in [5.74, 6) is 0.871. The van der Waals surface area contributed by atoms with Crippen molar-refractivity contribution in [2.75, 3.05) is 26.9 Å². The average Bonchev–Trinajstić information content (AvgIpc) is 3.30. The monoisotopic (exact) mass is 440 g/mol. The van der Waals surface area contributed by atoms with E-state index in [2.05, 4.69) is 6.58 Å². The van der Waals surface area contributed by atoms with Crippen LogP contribution in [0.15, 0.2) is 49.1 Å². The molecular formula is C24H28N2O6. The third-order valence-corrected chi connectivity index (χ3v) is 5.43. The minimum absolute atomic E-state index is 0.0601. The van der Waals surface area contributed by atoms with Gasteiger partial charge in [0.25, 0.3) is 11.6 Å². The second kappa shape index (κ2) is 10.8. The summed E-state index contributed by atoms with van der Waals surface area (Å²) in [5, 5.41) is 11.3. The minimum Gasteiger partial charge on any atom is -0.493 e. The molecule has 3 rings (SSSR count). The van der Waals surface area contributed by atoms with Crippen LogP contribution >= 0.6 is 0 Å². The number of amides is 1. The fourth-order valence-electron chi connectivity index (χ4n) is 3.78. The predicted molar refractivity (Wildman–Crippen MR) is 120 cm³/mol. The second-order valence-corrected chi connectivity index (χ2v) is 7.61. The molecule has 1 unspecified atom stereocenters. The van der Waals surface area contributed by atoms with Gasteiger partial charge in [0.2, 0.25) is 0 Å². The molecule has 0 aliphatic carbocycles. The summed E-state index contributed by atoms with van der Waals surface area (Å²) in [6.07, 6.45) is 3.41. The quantitative estimate of drug-likeness (QED) is 0.311. The molecule has 1 heterocycles. The van der Waals surface area contributed by atoms with E-state index >= 15 is 0 Å². The highest BCUT2D eigenvalue weighted by atomic mass is 16.6. The number of rotatable bonds is 10. The van der Waals surface area contributed by atoms with Crippen molar-refractivity contribution >= 4 is 11.6 Å². The number of carbonyl (C=O) groups is 1. The molecule has 8 heteroatoms. The van der Waals surface area contributed by atoms with Gasteiger partial charge in [0.05, 0.1) is 18.1 Å². The van der Waals surface area contributed by atoms with Gasteiger partial charge in [-0.2, -0.15) is 0 Å². The van der Waals surface area contributed by atoms with Crippen molar-refractivity contribution in [3.63, 3.8) is 0 Å². The first kappa shape index (κ1) is 23.3. The summed E-state index contributed by atoms with van der Waals surface area (Å²) < 4.78 is 16.8. The van der Waals surface area contributed by atoms with Crippen LogP contribution in [0.3, 0.4) is 0 Å². The standard InChI is InChI=1S/C24H28N2O6/c1-4-12-32-22-11-10-18(14-23(22)30-3)15-25(16-19-7-6-13-31-19)24(27)20-8-5-9-21(17(20)2)26(28)29/h4-5,8-11,14,19H,1,6-7,12-13,15-16H2,2-3H3. The van der Waals surface area contributed by atoms with E-state index in [9.17, 15) is 14.9 Å². The predicted octanol–water partition coefficient (Wildman–Crippen LogP) is 4.30. The first-order chi connectivity index (χ1) is 15.4. The Morgan fingerprint density at radius 3 is 2.81 bits per heavy atom. The molecule has 0 radical (unpaired) electrons. The van der Waals surface area contributed by atoms with Crippen LogP contribution in [0.4, 0.5) is 5.69 Å². The fraction of sp³-hybridized carbons (Fsp3) is 0.375. The summed E-state index contributed by atoms with van der Waals surface area (Å²) in [7, 11) is 1.56. The van der Waals surface area contributed by atoms with Gasteiger partial charge in [0.15, 0.2) is 11.5 Å². The third-order valence-electron chi connectivity index (χ3n) is 5.43. The molecule has 1 amide bonds. The molecule has 1 atom stereocenters. The molecule has 1 saturated heterocycles. The number of nitro groups is 1. The van der Waals surface area contributed by atoms with E-state index in [1.165, 1.54) is 12.1 Å². The van der Waals surface area contributed by atoms with Gasteiger partial charge in [0, 0.05) is 36.9 Å². The van der Waals surface area contributed by atoms with Crippen LogP contribution in [0.2, 0.25) is 0 Å². The number of ether oxygens (including phenoxy) is 3. The lowest BCUT2D eigenvalue weighted by Crippen LogP contribution is -2.37. The maximum atomic E-state index is 13.5. The van der Waals surface area contributed by atoms with Crippen molar-refractivity contribution in [2.24, 2.45) is 0 Å². The smallest absolute Gasteiger partial charge is 0.273 e. The SMILES string of the molecule is C=CCOc1ccc(CN(CC2CCCO2)C(=O)c2cccc([N+](=O)[O-])c2C)cc1OC. The molecule has 2 aromatic rings. The molecule has 0 saturated carbocycles. The summed E-state index contributed by atoms with van der Waals surface area (Å²) in [6, 6.07) is 10.1. The van der Waals surface area contributed by atoms with E-state index < -0.39 is 4.92 Å². The first-order valence-corrected chi connectivity index (χ1v) is 10.5. The third kappa shape index (κ3) is 5.45. The maximum Gasteiger partial charge on any atom is 0.273 e. The van der Waals surface area contributed by atoms with Gasteiger partial charge in [-0.15, -0.1) is 0 Å². The Morgan fingerprint density at radius 1 is 1.34 bits per heavy atom. The van der Waals surface area contributed by atoms with Crippen LogP contribution < -0.4 is 9.47 Å². The van der Waals surface area contributed by atoms with Crippen molar-refractivity contribution in [2.45, 2.75) is 32.4 Å². The zero-order valence-electron chi connectivity index (χ0n) is 18.4. The summed E-state index contributed by atoms with van der Waals surface area (Å²) >= 11 is 0. The van der Waals surface area contributed by atoms with Crippen LogP contribution in [0.25, 0.3) is 0 Å². The molecular weight excluding hydrogens is 412 g/mol. The summed E-state index contributed by atoms with van der Waals surface area (Å²) in [5.41, 5.74) is 1.45. The van der Waals surface area contributed by atoms with Crippen molar-refractivity contribution in [1.82, 2.24) is 4.90 Å². The number of hydrogen-bond acceptors (Lipinski definition) is 6. The van der Waals surface area contributed by atoms with Crippen LogP contribution in [-0.2, 0) is 11.3 Å². The highest BCUT2D eigenvalue weighted by molar-refractivity contribution is 5.96. The van der Waals surface area contributed by atoms with E-state index in [4.69, 9.17) is 14.2 Å². The number of methoxy groups -OCH3 is 1. The Morgan fingerprint density at radius 2 is 2.16 bits per heavy atom. The molecule has 1 aliphatic rings. The van der Waals surface area contributed by atoms with Crippen molar-refractivity contribution in [3.8, 4) is 11.5 Å². The Hall–Kier alpha value is -3.39. The normalized spacial score (nSPS) is 15.2. The van der Waals surface area contributed by atoms with E-state index in [1.807, 2.05) is 12.1 Å². The molecule has 0 bridgehead atoms. The van der Waals surface area contributed by atoms with Crippen LogP contribution in [0, 0.1) is 17.0 Å². The number of benzene rings is 2. The van der Waals surface area contributed by atoms with Crippen molar-refractivity contribution < 1.29 is 23.9 Å². The Balaban J connectivity index is 1.89. The summed E-state index contributed by atoms with van der Waals surface area (Å²) in [4.78, 5) is 26.0. The lowest BCUT2D eigenvalue weighted by molar-refractivity contribution is -0.385. The molecule has 0 spiro atoms. The molecule has 1 fully saturated rings. The maximum absolute atomic E-state index is 13.5. The van der Waals surface area contributed by atoms with E-state index in [0.717, 1.165) is 18.4 Å². The summed E-state index contributed by atoms with van der Waals surface area (Å²) in [6.45, 7) is 6.98. The molecule has 1 aliphatic heterocycles. The zero-order chi connectivity index (χ0) is 23.1. The van der Waals surface area contributed by atoms with Gasteiger partial charge in [-0.25, -0.2) is 0 Å². The van der Waals surface area contributed by atoms with Crippen LogP contribution in [-0.4, -0.2) is 48.7 Å². The number of nitro benzene ring substituents is 1. The fourth-order valence-corrected chi connectivity index (χ4v) is 3.78. The molecule has 170 valence electrons. The molecule has 0 N–H and O–H groups in total. The van der Waals surface area contributed by atoms with Crippen molar-refractivity contribution in [3.05, 3.63) is 75.9 Å². The molecule has 0 aromatic heterocycles. The van der Waals surface area contributed by atoms with Gasteiger partial charge >= 0.3 is 0 Å². The average molecular weight is 440 g/mol. The lowest BCUT2D eigenvalue weighted by Gasteiger charge is -2.26. The van der Waals surface area contributed by atoms with E-state index in [0.29, 0.717) is 48.9 Å². The minimum atomic E-state index is -0.469. The lowest BCUT2D eigenvalue weighted by atomic mass is 10.0. The van der Waals surface area contributed by atoms with Gasteiger partial charge in [0.1, 0.15) is 6.61 Å². The van der Waals surface area contributed by atoms with Crippen LogP contribution in [0.5, 0.6) is 11.5 Å².